The average Bonchev–Trinajstić information content (AvgIpc) is 2.74. The first-order valence-electron chi connectivity index (χ1n) is 10.5. The Morgan fingerprint density at radius 3 is 2.75 bits per heavy atom. The van der Waals surface area contributed by atoms with Crippen LogP contribution in [0.25, 0.3) is 6.08 Å². The number of para-hydroxylation sites is 1. The van der Waals surface area contributed by atoms with Gasteiger partial charge in [-0.3, -0.25) is 0 Å². The molecular weight excluding hydrogens is 364 g/mol. The number of anilines is 1. The fraction of sp³-hybridized carbons (Fsp3) is 0.375. The van der Waals surface area contributed by atoms with Crippen molar-refractivity contribution in [2.75, 3.05) is 24.5 Å². The number of hydrogen-bond donors (Lipinski definition) is 1. The van der Waals surface area contributed by atoms with Gasteiger partial charge in [0.2, 0.25) is 10.7 Å². The summed E-state index contributed by atoms with van der Waals surface area (Å²) in [4.78, 5) is 2.59. The molecule has 2 aromatic carbocycles. The predicted molar refractivity (Wildman–Crippen MR) is 118 cm³/mol. The molecular formula is C24H25N2OS+. The molecule has 0 aromatic heterocycles. The summed E-state index contributed by atoms with van der Waals surface area (Å²) in [6.45, 7) is 3.33. The van der Waals surface area contributed by atoms with Gasteiger partial charge in [-0.1, -0.05) is 30.8 Å². The molecule has 0 fully saturated rings. The smallest absolute Gasteiger partial charge is 0.244 e. The Bertz CT molecular complexity index is 1020. The van der Waals surface area contributed by atoms with Crippen LogP contribution in [0.3, 0.4) is 0 Å². The summed E-state index contributed by atoms with van der Waals surface area (Å²) < 4.78 is 8.98. The molecule has 0 N–H and O–H groups in total. The van der Waals surface area contributed by atoms with E-state index in [1.807, 2.05) is 0 Å². The van der Waals surface area contributed by atoms with Gasteiger partial charge in [0.25, 0.3) is 0 Å². The van der Waals surface area contributed by atoms with Gasteiger partial charge in [0.15, 0.2) is 6.54 Å². The SMILES string of the molecule is SC1=[N+](c2ccccc2)CCC2Oc3c(cc4c5c3CCCN5CCC4)C=C12. The molecule has 0 amide bonds. The Morgan fingerprint density at radius 2 is 1.89 bits per heavy atom. The second kappa shape index (κ2) is 6.41. The number of ether oxygens (including phenoxy) is 1. The molecule has 6 rings (SSSR count). The minimum Gasteiger partial charge on any atom is -0.484 e. The van der Waals surface area contributed by atoms with Gasteiger partial charge in [0.05, 0.1) is 5.57 Å². The van der Waals surface area contributed by atoms with Gasteiger partial charge in [-0.25, -0.2) is 0 Å². The van der Waals surface area contributed by atoms with Crippen LogP contribution in [0.5, 0.6) is 5.75 Å². The molecule has 0 bridgehead atoms. The summed E-state index contributed by atoms with van der Waals surface area (Å²) in [5.74, 6) is 1.15. The van der Waals surface area contributed by atoms with Crippen molar-refractivity contribution in [3.05, 3.63) is 58.7 Å². The van der Waals surface area contributed by atoms with E-state index in [0.29, 0.717) is 0 Å². The van der Waals surface area contributed by atoms with Crippen LogP contribution in [-0.4, -0.2) is 35.4 Å². The Kier molecular flexibility index (Phi) is 3.83. The molecule has 4 heterocycles. The fourth-order valence-corrected chi connectivity index (χ4v) is 5.78. The van der Waals surface area contributed by atoms with E-state index < -0.39 is 0 Å². The number of fused-ring (bicyclic) bond motifs is 3. The van der Waals surface area contributed by atoms with E-state index in [-0.39, 0.29) is 6.10 Å². The van der Waals surface area contributed by atoms with Crippen molar-refractivity contribution in [1.82, 2.24) is 0 Å². The largest absolute Gasteiger partial charge is 0.484 e. The molecule has 1 atom stereocenters. The van der Waals surface area contributed by atoms with Crippen LogP contribution in [0, 0.1) is 0 Å². The highest BCUT2D eigenvalue weighted by atomic mass is 32.1. The number of rotatable bonds is 1. The third-order valence-corrected chi connectivity index (χ3v) is 7.12. The monoisotopic (exact) mass is 389 g/mol. The van der Waals surface area contributed by atoms with Crippen LogP contribution in [0.2, 0.25) is 0 Å². The van der Waals surface area contributed by atoms with Gasteiger partial charge in [-0.15, -0.1) is 0 Å². The molecule has 0 saturated carbocycles. The average molecular weight is 390 g/mol. The van der Waals surface area contributed by atoms with Crippen molar-refractivity contribution < 1.29 is 9.31 Å². The number of aryl methyl sites for hydroxylation is 1. The van der Waals surface area contributed by atoms with Crippen LogP contribution >= 0.6 is 12.6 Å². The van der Waals surface area contributed by atoms with Gasteiger partial charge in [0, 0.05) is 48.5 Å². The van der Waals surface area contributed by atoms with Crippen LogP contribution in [0.1, 0.15) is 36.0 Å². The number of nitrogens with zero attached hydrogens (tertiary/aromatic N) is 2. The van der Waals surface area contributed by atoms with E-state index >= 15 is 0 Å². The van der Waals surface area contributed by atoms with Gasteiger partial charge in [-0.05, 0) is 43.4 Å². The van der Waals surface area contributed by atoms with E-state index in [0.717, 1.165) is 30.2 Å². The van der Waals surface area contributed by atoms with Gasteiger partial charge in [0.1, 0.15) is 11.9 Å². The van der Waals surface area contributed by atoms with E-state index in [4.69, 9.17) is 17.4 Å². The molecule has 1 unspecified atom stereocenters. The summed E-state index contributed by atoms with van der Waals surface area (Å²) in [5.41, 5.74) is 8.14. The maximum atomic E-state index is 6.67. The van der Waals surface area contributed by atoms with Crippen LogP contribution in [-0.2, 0) is 12.8 Å². The maximum Gasteiger partial charge on any atom is 0.244 e. The Labute approximate surface area is 171 Å². The van der Waals surface area contributed by atoms with Crippen molar-refractivity contribution >= 4 is 35.1 Å². The third kappa shape index (κ3) is 2.47. The molecule has 0 aliphatic carbocycles. The molecule has 2 aromatic rings. The first-order chi connectivity index (χ1) is 13.8. The summed E-state index contributed by atoms with van der Waals surface area (Å²) in [7, 11) is 0. The quantitative estimate of drug-likeness (QED) is 0.566. The topological polar surface area (TPSA) is 15.5 Å². The molecule has 0 radical (unpaired) electrons. The second-order valence-corrected chi connectivity index (χ2v) is 8.70. The Morgan fingerprint density at radius 1 is 1.07 bits per heavy atom. The maximum absolute atomic E-state index is 6.67. The van der Waals surface area contributed by atoms with Gasteiger partial charge in [-0.2, -0.15) is 4.58 Å². The fourth-order valence-electron chi connectivity index (χ4n) is 5.36. The van der Waals surface area contributed by atoms with Crippen LogP contribution in [0.15, 0.2) is 42.0 Å². The minimum absolute atomic E-state index is 0.119. The zero-order valence-electron chi connectivity index (χ0n) is 16.0. The van der Waals surface area contributed by atoms with Gasteiger partial charge < -0.3 is 9.64 Å². The zero-order chi connectivity index (χ0) is 18.7. The molecule has 0 saturated heterocycles. The lowest BCUT2D eigenvalue weighted by molar-refractivity contribution is -0.443. The Balaban J connectivity index is 1.50. The highest BCUT2D eigenvalue weighted by Gasteiger charge is 2.38. The lowest BCUT2D eigenvalue weighted by atomic mass is 9.86. The van der Waals surface area contributed by atoms with Crippen molar-refractivity contribution in [3.8, 4) is 5.75 Å². The van der Waals surface area contributed by atoms with Crippen molar-refractivity contribution in [1.29, 1.82) is 0 Å². The van der Waals surface area contributed by atoms with E-state index in [1.165, 1.54) is 66.0 Å². The van der Waals surface area contributed by atoms with E-state index in [2.05, 4.69) is 51.9 Å². The molecule has 0 spiro atoms. The Hall–Kier alpha value is -2.20. The highest BCUT2D eigenvalue weighted by Crippen LogP contribution is 2.46. The predicted octanol–water partition coefficient (Wildman–Crippen LogP) is 4.61. The number of thiol groups is 1. The normalized spacial score (nSPS) is 22.7. The first kappa shape index (κ1) is 16.7. The molecule has 142 valence electrons. The zero-order valence-corrected chi connectivity index (χ0v) is 16.9. The summed E-state index contributed by atoms with van der Waals surface area (Å²) in [6, 6.07) is 12.9. The second-order valence-electron chi connectivity index (χ2n) is 8.28. The summed E-state index contributed by atoms with van der Waals surface area (Å²) in [6.07, 6.45) is 8.29. The molecule has 4 aliphatic heterocycles. The standard InChI is InChI=1S/C24H24N2OS/c28-24-20-15-17-14-16-6-4-11-25-12-5-9-19(22(16)25)23(17)27-21(20)10-13-26(24)18-7-2-1-3-8-18/h1-3,7-8,14-15,21H,4-6,9-13H2/p+1. The first-order valence-corrected chi connectivity index (χ1v) is 10.9. The summed E-state index contributed by atoms with van der Waals surface area (Å²) in [5, 5.41) is 1.03. The molecule has 3 nitrogen and oxygen atoms in total. The van der Waals surface area contributed by atoms with Gasteiger partial charge >= 0.3 is 0 Å². The van der Waals surface area contributed by atoms with Crippen LogP contribution in [0.4, 0.5) is 11.4 Å². The van der Waals surface area contributed by atoms with E-state index in [1.54, 1.807) is 0 Å². The third-order valence-electron chi connectivity index (χ3n) is 6.62. The number of hydrogen-bond acceptors (Lipinski definition) is 2. The van der Waals surface area contributed by atoms with Crippen molar-refractivity contribution in [2.45, 2.75) is 38.2 Å². The molecule has 28 heavy (non-hydrogen) atoms. The minimum atomic E-state index is 0.119. The highest BCUT2D eigenvalue weighted by molar-refractivity contribution is 7.97. The summed E-state index contributed by atoms with van der Waals surface area (Å²) >= 11 is 4.94. The van der Waals surface area contributed by atoms with Crippen molar-refractivity contribution in [2.24, 2.45) is 0 Å². The number of benzene rings is 2. The van der Waals surface area contributed by atoms with Crippen molar-refractivity contribution in [3.63, 3.8) is 0 Å². The lowest BCUT2D eigenvalue weighted by Gasteiger charge is -2.39. The van der Waals surface area contributed by atoms with Crippen LogP contribution < -0.4 is 9.64 Å². The van der Waals surface area contributed by atoms with E-state index in [9.17, 15) is 0 Å². The molecule has 4 heteroatoms. The molecule has 4 aliphatic rings. The lowest BCUT2D eigenvalue weighted by Crippen LogP contribution is -2.38.